The Balaban J connectivity index is 3.58. The summed E-state index contributed by atoms with van der Waals surface area (Å²) >= 11 is 0. The molecule has 0 aliphatic heterocycles. The summed E-state index contributed by atoms with van der Waals surface area (Å²) in [5, 5.41) is 9.57. The molecule has 0 aliphatic rings. The Morgan fingerprint density at radius 3 is 1.26 bits per heavy atom. The monoisotopic (exact) mass is 703 g/mol. The summed E-state index contributed by atoms with van der Waals surface area (Å²) in [7, 11) is 0. The molecule has 0 radical (unpaired) electrons. The van der Waals surface area contributed by atoms with Crippen molar-refractivity contribution < 1.29 is 24.2 Å². The maximum absolute atomic E-state index is 12.2. The zero-order valence-corrected chi connectivity index (χ0v) is 33.2. The van der Waals surface area contributed by atoms with Gasteiger partial charge in [-0.25, -0.2) is 0 Å². The van der Waals surface area contributed by atoms with Crippen LogP contribution in [0.2, 0.25) is 0 Å². The summed E-state index contributed by atoms with van der Waals surface area (Å²) in [5.41, 5.74) is 0. The molecular weight excluding hydrogens is 620 g/mol. The van der Waals surface area contributed by atoms with Gasteiger partial charge in [-0.3, -0.25) is 9.59 Å². The lowest BCUT2D eigenvalue weighted by molar-refractivity contribution is -0.161. The van der Waals surface area contributed by atoms with Crippen molar-refractivity contribution >= 4 is 11.9 Å². The highest BCUT2D eigenvalue weighted by molar-refractivity contribution is 5.70. The van der Waals surface area contributed by atoms with Crippen molar-refractivity contribution in [3.63, 3.8) is 0 Å². The molecule has 0 fully saturated rings. The van der Waals surface area contributed by atoms with Gasteiger partial charge in [-0.05, 0) is 44.9 Å². The van der Waals surface area contributed by atoms with Gasteiger partial charge in [-0.15, -0.1) is 0 Å². The van der Waals surface area contributed by atoms with Gasteiger partial charge < -0.3 is 14.6 Å². The quantitative estimate of drug-likeness (QED) is 0.0392. The first-order valence-electron chi connectivity index (χ1n) is 21.5. The molecule has 0 saturated carbocycles. The lowest BCUT2D eigenvalue weighted by Gasteiger charge is -2.15. The molecule has 0 bridgehead atoms. The van der Waals surface area contributed by atoms with E-state index in [4.69, 9.17) is 9.47 Å². The van der Waals surface area contributed by atoms with E-state index in [1.165, 1.54) is 148 Å². The number of hydrogen-bond acceptors (Lipinski definition) is 5. The predicted molar refractivity (Wildman–Crippen MR) is 214 cm³/mol. The highest BCUT2D eigenvalue weighted by Gasteiger charge is 2.16. The van der Waals surface area contributed by atoms with Crippen LogP contribution in [0.3, 0.4) is 0 Å². The van der Waals surface area contributed by atoms with Gasteiger partial charge in [0.05, 0.1) is 6.61 Å². The molecular formula is C45H82O5. The van der Waals surface area contributed by atoms with Gasteiger partial charge in [-0.2, -0.15) is 0 Å². The minimum atomic E-state index is -0.788. The van der Waals surface area contributed by atoms with Gasteiger partial charge in [0.2, 0.25) is 0 Å². The van der Waals surface area contributed by atoms with Crippen molar-refractivity contribution in [2.75, 3.05) is 13.2 Å². The summed E-state index contributed by atoms with van der Waals surface area (Å²) in [6.45, 7) is 4.11. The number of ether oxygens (including phenoxy) is 2. The topological polar surface area (TPSA) is 72.8 Å². The van der Waals surface area contributed by atoms with Gasteiger partial charge in [-0.1, -0.05) is 198 Å². The normalized spacial score (nSPS) is 12.5. The van der Waals surface area contributed by atoms with E-state index in [0.717, 1.165) is 38.5 Å². The Morgan fingerprint density at radius 2 is 0.820 bits per heavy atom. The number of rotatable bonds is 39. The van der Waals surface area contributed by atoms with Crippen LogP contribution in [-0.4, -0.2) is 36.4 Å². The lowest BCUT2D eigenvalue weighted by atomic mass is 10.0. The summed E-state index contributed by atoms with van der Waals surface area (Å²) < 4.78 is 10.6. The van der Waals surface area contributed by atoms with Crippen molar-refractivity contribution in [2.45, 2.75) is 225 Å². The van der Waals surface area contributed by atoms with Crippen molar-refractivity contribution in [1.29, 1.82) is 0 Å². The summed E-state index contributed by atoms with van der Waals surface area (Å²) in [6, 6.07) is 0. The molecule has 5 nitrogen and oxygen atoms in total. The Morgan fingerprint density at radius 1 is 0.460 bits per heavy atom. The second-order valence-electron chi connectivity index (χ2n) is 14.4. The first-order valence-corrected chi connectivity index (χ1v) is 21.5. The second-order valence-corrected chi connectivity index (χ2v) is 14.4. The summed E-state index contributed by atoms with van der Waals surface area (Å²) in [5.74, 6) is -0.644. The smallest absolute Gasteiger partial charge is 0.306 e. The largest absolute Gasteiger partial charge is 0.462 e. The molecule has 1 atom stereocenters. The van der Waals surface area contributed by atoms with E-state index >= 15 is 0 Å². The van der Waals surface area contributed by atoms with E-state index in [-0.39, 0.29) is 25.2 Å². The number of carbonyl (C=O) groups excluding carboxylic acids is 2. The van der Waals surface area contributed by atoms with E-state index in [9.17, 15) is 14.7 Å². The zero-order chi connectivity index (χ0) is 36.4. The predicted octanol–water partition coefficient (Wildman–Crippen LogP) is 13.6. The standard InChI is InChI=1S/C45H82O5/c1-3-5-7-9-11-13-15-17-19-21-22-24-26-28-30-32-34-36-38-40-45(48)50-43(41-46)42-49-44(47)39-37-35-33-31-29-27-25-23-20-18-16-14-12-10-8-6-4-2/h18,20,25,27,31,33,43,46H,3-17,19,21-24,26,28-30,32,34-42H2,1-2H3/t43-/m0/s1. The third kappa shape index (κ3) is 38.9. The number of allylic oxidation sites excluding steroid dienone is 6. The Hall–Kier alpha value is -1.88. The average Bonchev–Trinajstić information content (AvgIpc) is 3.12. The van der Waals surface area contributed by atoms with Gasteiger partial charge in [0.25, 0.3) is 0 Å². The average molecular weight is 703 g/mol. The third-order valence-corrected chi connectivity index (χ3v) is 9.44. The number of hydrogen-bond donors (Lipinski definition) is 1. The number of carbonyl (C=O) groups is 2. The molecule has 0 rings (SSSR count). The molecule has 0 aliphatic carbocycles. The van der Waals surface area contributed by atoms with Crippen LogP contribution in [0.1, 0.15) is 219 Å². The number of aliphatic hydroxyl groups excluding tert-OH is 1. The number of esters is 2. The van der Waals surface area contributed by atoms with Crippen molar-refractivity contribution in [3.8, 4) is 0 Å². The Bertz CT molecular complexity index is 801. The molecule has 1 N–H and O–H groups in total. The van der Waals surface area contributed by atoms with Crippen molar-refractivity contribution in [1.82, 2.24) is 0 Å². The maximum Gasteiger partial charge on any atom is 0.306 e. The van der Waals surface area contributed by atoms with Gasteiger partial charge >= 0.3 is 11.9 Å². The van der Waals surface area contributed by atoms with E-state index in [2.05, 4.69) is 50.3 Å². The maximum atomic E-state index is 12.2. The van der Waals surface area contributed by atoms with E-state index < -0.39 is 6.10 Å². The van der Waals surface area contributed by atoms with E-state index in [1.54, 1.807) is 0 Å². The molecule has 0 heterocycles. The molecule has 0 unspecified atom stereocenters. The second kappa shape index (κ2) is 41.5. The van der Waals surface area contributed by atoms with Crippen molar-refractivity contribution in [3.05, 3.63) is 36.5 Å². The highest BCUT2D eigenvalue weighted by Crippen LogP contribution is 2.15. The van der Waals surface area contributed by atoms with E-state index in [0.29, 0.717) is 19.3 Å². The third-order valence-electron chi connectivity index (χ3n) is 9.44. The molecule has 50 heavy (non-hydrogen) atoms. The van der Waals surface area contributed by atoms with Crippen LogP contribution in [0.5, 0.6) is 0 Å². The zero-order valence-electron chi connectivity index (χ0n) is 33.2. The molecule has 0 aromatic rings. The highest BCUT2D eigenvalue weighted by atomic mass is 16.6. The van der Waals surface area contributed by atoms with Gasteiger partial charge in [0, 0.05) is 12.8 Å². The fraction of sp³-hybridized carbons (Fsp3) is 0.822. The van der Waals surface area contributed by atoms with Crippen LogP contribution in [-0.2, 0) is 19.1 Å². The SMILES string of the molecule is CCCCCCCCC=CCC=CCC=CCCCC(=O)OC[C@H](CO)OC(=O)CCCCCCCCCCCCCCCCCCCCC. The minimum Gasteiger partial charge on any atom is -0.462 e. The molecule has 0 spiro atoms. The molecule has 292 valence electrons. The van der Waals surface area contributed by atoms with Gasteiger partial charge in [0.15, 0.2) is 6.10 Å². The lowest BCUT2D eigenvalue weighted by Crippen LogP contribution is -2.28. The first kappa shape index (κ1) is 48.1. The number of unbranched alkanes of at least 4 members (excludes halogenated alkanes) is 25. The van der Waals surface area contributed by atoms with Crippen molar-refractivity contribution in [2.24, 2.45) is 0 Å². The Kier molecular flexibility index (Phi) is 40.0. The minimum absolute atomic E-state index is 0.0890. The van der Waals surface area contributed by atoms with E-state index in [1.807, 2.05) is 0 Å². The molecule has 5 heteroatoms. The number of aliphatic hydroxyl groups is 1. The van der Waals surface area contributed by atoms with Crippen LogP contribution in [0.4, 0.5) is 0 Å². The van der Waals surface area contributed by atoms with Crippen LogP contribution < -0.4 is 0 Å². The molecule has 0 aromatic carbocycles. The van der Waals surface area contributed by atoms with Crippen LogP contribution in [0.25, 0.3) is 0 Å². The fourth-order valence-corrected chi connectivity index (χ4v) is 6.16. The van der Waals surface area contributed by atoms with Crippen LogP contribution >= 0.6 is 0 Å². The summed E-state index contributed by atoms with van der Waals surface area (Å²) in [6.07, 6.45) is 50.8. The van der Waals surface area contributed by atoms with Gasteiger partial charge in [0.1, 0.15) is 6.61 Å². The first-order chi connectivity index (χ1) is 24.6. The Labute approximate surface area is 310 Å². The summed E-state index contributed by atoms with van der Waals surface area (Å²) in [4.78, 5) is 24.3. The molecule has 0 aromatic heterocycles. The van der Waals surface area contributed by atoms with Crippen LogP contribution in [0.15, 0.2) is 36.5 Å². The fourth-order valence-electron chi connectivity index (χ4n) is 6.16. The molecule has 0 amide bonds. The van der Waals surface area contributed by atoms with Crippen LogP contribution in [0, 0.1) is 0 Å². The molecule has 0 saturated heterocycles.